The molecule has 1 rings (SSSR count). The first-order valence-corrected chi connectivity index (χ1v) is 6.80. The van der Waals surface area contributed by atoms with Crippen molar-refractivity contribution in [2.24, 2.45) is 5.92 Å². The summed E-state index contributed by atoms with van der Waals surface area (Å²) in [5.41, 5.74) is 2.55. The Bertz CT molecular complexity index is 336. The zero-order valence-corrected chi connectivity index (χ0v) is 12.2. The van der Waals surface area contributed by atoms with Crippen molar-refractivity contribution in [2.75, 3.05) is 7.11 Å². The van der Waals surface area contributed by atoms with Crippen LogP contribution in [0, 0.1) is 12.8 Å². The van der Waals surface area contributed by atoms with Crippen molar-refractivity contribution in [3.63, 3.8) is 0 Å². The highest BCUT2D eigenvalue weighted by Crippen LogP contribution is 2.35. The Balaban J connectivity index is 2.84. The van der Waals surface area contributed by atoms with Crippen LogP contribution in [0.15, 0.2) is 18.2 Å². The molecule has 0 aliphatic carbocycles. The van der Waals surface area contributed by atoms with Gasteiger partial charge in [-0.1, -0.05) is 48.3 Å². The Kier molecular flexibility index (Phi) is 5.33. The number of rotatable bonds is 5. The predicted octanol–water partition coefficient (Wildman–Crippen LogP) is 4.88. The van der Waals surface area contributed by atoms with Crippen LogP contribution in [0.3, 0.4) is 0 Å². The normalized spacial score (nSPS) is 14.6. The summed E-state index contributed by atoms with van der Waals surface area (Å²) in [6, 6.07) is 6.42. The molecule has 0 aromatic heterocycles. The summed E-state index contributed by atoms with van der Waals surface area (Å²) >= 11 is 3.79. The molecule has 0 heterocycles. The second kappa shape index (κ2) is 6.29. The highest BCUT2D eigenvalue weighted by molar-refractivity contribution is 9.09. The molecule has 0 radical (unpaired) electrons. The summed E-state index contributed by atoms with van der Waals surface area (Å²) in [5, 5.41) is 0. The van der Waals surface area contributed by atoms with Crippen molar-refractivity contribution in [3.8, 4) is 5.75 Å². The van der Waals surface area contributed by atoms with Crippen molar-refractivity contribution < 1.29 is 4.74 Å². The second-order valence-electron chi connectivity index (χ2n) is 4.40. The van der Waals surface area contributed by atoms with Gasteiger partial charge in [0.15, 0.2) is 0 Å². The third-order valence-corrected chi connectivity index (χ3v) is 4.41. The molecule has 0 saturated carbocycles. The quantitative estimate of drug-likeness (QED) is 0.701. The number of hydrogen-bond donors (Lipinski definition) is 0. The first-order valence-electron chi connectivity index (χ1n) is 5.88. The van der Waals surface area contributed by atoms with E-state index in [9.17, 15) is 0 Å². The molecule has 90 valence electrons. The summed E-state index contributed by atoms with van der Waals surface area (Å²) < 4.78 is 5.27. The number of ether oxygens (including phenoxy) is 1. The molecular formula is C14H21BrO. The predicted molar refractivity (Wildman–Crippen MR) is 73.5 cm³/mol. The summed E-state index contributed by atoms with van der Waals surface area (Å²) in [6.07, 6.45) is 2.49. The molecule has 0 fully saturated rings. The van der Waals surface area contributed by atoms with Gasteiger partial charge in [-0.15, -0.1) is 0 Å². The van der Waals surface area contributed by atoms with E-state index in [1.165, 1.54) is 24.0 Å². The second-order valence-corrected chi connectivity index (χ2v) is 5.38. The van der Waals surface area contributed by atoms with E-state index in [0.717, 1.165) is 5.75 Å². The van der Waals surface area contributed by atoms with Crippen molar-refractivity contribution in [1.82, 2.24) is 0 Å². The maximum atomic E-state index is 5.27. The van der Waals surface area contributed by atoms with Gasteiger partial charge in [0.2, 0.25) is 0 Å². The Morgan fingerprint density at radius 2 is 2.06 bits per heavy atom. The van der Waals surface area contributed by atoms with E-state index < -0.39 is 0 Å². The molecule has 1 nitrogen and oxygen atoms in total. The van der Waals surface area contributed by atoms with Gasteiger partial charge in [0.05, 0.1) is 7.11 Å². The molecule has 0 spiro atoms. The Labute approximate surface area is 107 Å². The van der Waals surface area contributed by atoms with Crippen molar-refractivity contribution in [3.05, 3.63) is 29.3 Å². The fourth-order valence-corrected chi connectivity index (χ4v) is 2.55. The monoisotopic (exact) mass is 284 g/mol. The smallest absolute Gasteiger partial charge is 0.121 e. The van der Waals surface area contributed by atoms with Gasteiger partial charge >= 0.3 is 0 Å². The maximum Gasteiger partial charge on any atom is 0.121 e. The first-order chi connectivity index (χ1) is 7.60. The van der Waals surface area contributed by atoms with E-state index in [0.29, 0.717) is 10.7 Å². The number of methoxy groups -OCH3 is 1. The number of benzene rings is 1. The molecule has 0 N–H and O–H groups in total. The summed E-state index contributed by atoms with van der Waals surface area (Å²) in [5.74, 6) is 1.63. The fourth-order valence-electron chi connectivity index (χ4n) is 2.00. The van der Waals surface area contributed by atoms with Crippen LogP contribution in [0.2, 0.25) is 0 Å². The zero-order chi connectivity index (χ0) is 12.1. The van der Waals surface area contributed by atoms with Gasteiger partial charge in [0, 0.05) is 4.83 Å². The fraction of sp³-hybridized carbons (Fsp3) is 0.571. The zero-order valence-electron chi connectivity index (χ0n) is 10.6. The molecule has 0 saturated heterocycles. The molecule has 0 aliphatic rings. The molecule has 0 bridgehead atoms. The molecular weight excluding hydrogens is 264 g/mol. The topological polar surface area (TPSA) is 9.23 Å². The van der Waals surface area contributed by atoms with E-state index in [1.54, 1.807) is 7.11 Å². The van der Waals surface area contributed by atoms with Crippen LogP contribution in [0.1, 0.15) is 42.6 Å². The molecule has 16 heavy (non-hydrogen) atoms. The average Bonchev–Trinajstić information content (AvgIpc) is 2.28. The maximum absolute atomic E-state index is 5.27. The van der Waals surface area contributed by atoms with E-state index >= 15 is 0 Å². The van der Waals surface area contributed by atoms with Gasteiger partial charge < -0.3 is 4.74 Å². The van der Waals surface area contributed by atoms with E-state index in [1.807, 2.05) is 0 Å². The van der Waals surface area contributed by atoms with Gasteiger partial charge in [-0.05, 0) is 36.5 Å². The van der Waals surface area contributed by atoms with Crippen molar-refractivity contribution in [2.45, 2.75) is 38.4 Å². The minimum atomic E-state index is 0.442. The van der Waals surface area contributed by atoms with Crippen LogP contribution in [0.5, 0.6) is 5.75 Å². The van der Waals surface area contributed by atoms with E-state index in [2.05, 4.69) is 54.9 Å². The molecule has 1 aromatic rings. The first kappa shape index (κ1) is 13.6. The third kappa shape index (κ3) is 3.24. The van der Waals surface area contributed by atoms with Crippen molar-refractivity contribution in [1.29, 1.82) is 0 Å². The molecule has 2 atom stereocenters. The van der Waals surface area contributed by atoms with Crippen LogP contribution in [-0.4, -0.2) is 7.11 Å². The highest BCUT2D eigenvalue weighted by atomic mass is 79.9. The molecule has 0 aliphatic heterocycles. The van der Waals surface area contributed by atoms with Gasteiger partial charge in [-0.2, -0.15) is 0 Å². The van der Waals surface area contributed by atoms with Crippen LogP contribution in [0.25, 0.3) is 0 Å². The number of aryl methyl sites for hydroxylation is 1. The minimum absolute atomic E-state index is 0.442. The Hall–Kier alpha value is -0.500. The number of halogens is 1. The number of hydrogen-bond acceptors (Lipinski definition) is 1. The van der Waals surface area contributed by atoms with Crippen LogP contribution < -0.4 is 4.74 Å². The van der Waals surface area contributed by atoms with Crippen LogP contribution >= 0.6 is 15.9 Å². The molecule has 2 heteroatoms. The molecule has 2 unspecified atom stereocenters. The minimum Gasteiger partial charge on any atom is -0.496 e. The van der Waals surface area contributed by atoms with Crippen LogP contribution in [0.4, 0.5) is 0 Å². The number of alkyl halides is 1. The standard InChI is InChI=1S/C14H21BrO/c1-5-6-10(2)14(15)12-7-8-13(16-4)11(3)9-12/h7-10,14H,5-6H2,1-4H3. The molecule has 0 amide bonds. The van der Waals surface area contributed by atoms with Gasteiger partial charge in [0.1, 0.15) is 5.75 Å². The van der Waals surface area contributed by atoms with Crippen LogP contribution in [-0.2, 0) is 0 Å². The molecule has 1 aromatic carbocycles. The SMILES string of the molecule is CCCC(C)C(Br)c1ccc(OC)c(C)c1. The lowest BCUT2D eigenvalue weighted by Gasteiger charge is -2.19. The summed E-state index contributed by atoms with van der Waals surface area (Å²) in [6.45, 7) is 6.62. The Morgan fingerprint density at radius 1 is 1.38 bits per heavy atom. The van der Waals surface area contributed by atoms with Gasteiger partial charge in [0.25, 0.3) is 0 Å². The van der Waals surface area contributed by atoms with Gasteiger partial charge in [-0.3, -0.25) is 0 Å². The summed E-state index contributed by atoms with van der Waals surface area (Å²) in [7, 11) is 1.72. The lowest BCUT2D eigenvalue weighted by molar-refractivity contribution is 0.411. The lowest BCUT2D eigenvalue weighted by Crippen LogP contribution is -2.03. The van der Waals surface area contributed by atoms with Crippen molar-refractivity contribution >= 4 is 15.9 Å². The summed E-state index contributed by atoms with van der Waals surface area (Å²) in [4.78, 5) is 0.442. The Morgan fingerprint density at radius 3 is 2.56 bits per heavy atom. The van der Waals surface area contributed by atoms with Gasteiger partial charge in [-0.25, -0.2) is 0 Å². The lowest BCUT2D eigenvalue weighted by atomic mass is 9.96. The third-order valence-electron chi connectivity index (χ3n) is 2.98. The highest BCUT2D eigenvalue weighted by Gasteiger charge is 2.16. The largest absolute Gasteiger partial charge is 0.496 e. The van der Waals surface area contributed by atoms with E-state index in [-0.39, 0.29) is 0 Å². The average molecular weight is 285 g/mol. The van der Waals surface area contributed by atoms with E-state index in [4.69, 9.17) is 4.74 Å².